The first-order valence-corrected chi connectivity index (χ1v) is 5.69. The van der Waals surface area contributed by atoms with Crippen LogP contribution in [0.5, 0.6) is 0 Å². The molecule has 0 aliphatic rings. The van der Waals surface area contributed by atoms with Crippen molar-refractivity contribution in [3.63, 3.8) is 0 Å². The number of carbonyl (C=O) groups excluding carboxylic acids is 2. The molecule has 0 spiro atoms. The maximum Gasteiger partial charge on any atom is 0.230 e. The zero-order chi connectivity index (χ0) is 11.1. The van der Waals surface area contributed by atoms with Gasteiger partial charge >= 0.3 is 0 Å². The molecule has 0 atom stereocenters. The fraction of sp³-hybridized carbons (Fsp3) is 0.273. The Hall–Kier alpha value is -1.29. The molecule has 15 heavy (non-hydrogen) atoms. The molecule has 1 rings (SSSR count). The highest BCUT2D eigenvalue weighted by molar-refractivity contribution is 8.00. The van der Waals surface area contributed by atoms with Gasteiger partial charge in [-0.1, -0.05) is 12.1 Å². The van der Waals surface area contributed by atoms with Crippen molar-refractivity contribution >= 4 is 24.0 Å². The second kappa shape index (κ2) is 6.24. The van der Waals surface area contributed by atoms with Gasteiger partial charge in [0.25, 0.3) is 0 Å². The fourth-order valence-electron chi connectivity index (χ4n) is 1.07. The first-order chi connectivity index (χ1) is 7.26. The molecule has 1 aromatic carbocycles. The van der Waals surface area contributed by atoms with Crippen LogP contribution in [0.2, 0.25) is 0 Å². The van der Waals surface area contributed by atoms with E-state index in [1.807, 2.05) is 19.1 Å². The molecule has 0 fully saturated rings. The molecule has 1 aromatic rings. The van der Waals surface area contributed by atoms with Crippen molar-refractivity contribution in [1.82, 2.24) is 5.32 Å². The molecule has 80 valence electrons. The zero-order valence-electron chi connectivity index (χ0n) is 8.53. The molecule has 0 heterocycles. The molecule has 0 radical (unpaired) electrons. The molecule has 0 saturated carbocycles. The predicted molar refractivity (Wildman–Crippen MR) is 61.2 cm³/mol. The SMILES string of the molecule is CCNC(=O)CSc1cccc(C=O)c1. The molecule has 4 heteroatoms. The summed E-state index contributed by atoms with van der Waals surface area (Å²) in [5.41, 5.74) is 0.635. The van der Waals surface area contributed by atoms with Crippen molar-refractivity contribution in [1.29, 1.82) is 0 Å². The lowest BCUT2D eigenvalue weighted by Gasteiger charge is -2.02. The Balaban J connectivity index is 2.50. The van der Waals surface area contributed by atoms with Gasteiger partial charge in [-0.15, -0.1) is 11.8 Å². The maximum atomic E-state index is 11.2. The molecule has 1 amide bonds. The summed E-state index contributed by atoms with van der Waals surface area (Å²) >= 11 is 1.43. The Morgan fingerprint density at radius 2 is 2.33 bits per heavy atom. The number of carbonyl (C=O) groups is 2. The van der Waals surface area contributed by atoms with Gasteiger partial charge in [0.05, 0.1) is 5.75 Å². The Morgan fingerprint density at radius 3 is 3.00 bits per heavy atom. The highest BCUT2D eigenvalue weighted by Crippen LogP contribution is 2.18. The van der Waals surface area contributed by atoms with Crippen LogP contribution in [0.15, 0.2) is 29.2 Å². The van der Waals surface area contributed by atoms with Crippen LogP contribution in [-0.2, 0) is 4.79 Å². The number of aldehydes is 1. The minimum absolute atomic E-state index is 0.0130. The predicted octanol–water partition coefficient (Wildman–Crippen LogP) is 1.73. The van der Waals surface area contributed by atoms with Crippen LogP contribution in [-0.4, -0.2) is 24.5 Å². The minimum Gasteiger partial charge on any atom is -0.356 e. The standard InChI is InChI=1S/C11H13NO2S/c1-2-12-11(14)8-15-10-5-3-4-9(6-10)7-13/h3-7H,2,8H2,1H3,(H,12,14). The maximum absolute atomic E-state index is 11.2. The van der Waals surface area contributed by atoms with Crippen molar-refractivity contribution in [2.75, 3.05) is 12.3 Å². The van der Waals surface area contributed by atoms with Gasteiger partial charge < -0.3 is 5.32 Å². The summed E-state index contributed by atoms with van der Waals surface area (Å²) in [4.78, 5) is 22.6. The van der Waals surface area contributed by atoms with Gasteiger partial charge in [-0.05, 0) is 19.1 Å². The molecule has 0 aliphatic heterocycles. The van der Waals surface area contributed by atoms with E-state index in [-0.39, 0.29) is 5.91 Å². The molecular weight excluding hydrogens is 210 g/mol. The zero-order valence-corrected chi connectivity index (χ0v) is 9.34. The van der Waals surface area contributed by atoms with E-state index >= 15 is 0 Å². The monoisotopic (exact) mass is 223 g/mol. The van der Waals surface area contributed by atoms with Gasteiger partial charge in [-0.3, -0.25) is 9.59 Å². The molecule has 0 bridgehead atoms. The average Bonchev–Trinajstić information content (AvgIpc) is 2.27. The number of amides is 1. The Morgan fingerprint density at radius 1 is 1.53 bits per heavy atom. The summed E-state index contributed by atoms with van der Waals surface area (Å²) in [5.74, 6) is 0.398. The van der Waals surface area contributed by atoms with Gasteiger partial charge in [0.15, 0.2) is 0 Å². The number of thioether (sulfide) groups is 1. The van der Waals surface area contributed by atoms with Crippen LogP contribution in [0.1, 0.15) is 17.3 Å². The fourth-order valence-corrected chi connectivity index (χ4v) is 1.87. The molecular formula is C11H13NO2S. The van der Waals surface area contributed by atoms with Gasteiger partial charge in [-0.2, -0.15) is 0 Å². The summed E-state index contributed by atoms with van der Waals surface area (Å²) in [6.07, 6.45) is 0.802. The number of rotatable bonds is 5. The van der Waals surface area contributed by atoms with E-state index in [1.54, 1.807) is 12.1 Å². The van der Waals surface area contributed by atoms with E-state index in [9.17, 15) is 9.59 Å². The molecule has 0 unspecified atom stereocenters. The van der Waals surface area contributed by atoms with Crippen LogP contribution >= 0.6 is 11.8 Å². The summed E-state index contributed by atoms with van der Waals surface area (Å²) in [5, 5.41) is 2.72. The Kier molecular flexibility index (Phi) is 4.90. The first-order valence-electron chi connectivity index (χ1n) is 4.71. The number of benzene rings is 1. The largest absolute Gasteiger partial charge is 0.356 e. The smallest absolute Gasteiger partial charge is 0.230 e. The van der Waals surface area contributed by atoms with E-state index in [0.29, 0.717) is 17.9 Å². The molecule has 0 saturated heterocycles. The van der Waals surface area contributed by atoms with E-state index in [2.05, 4.69) is 5.32 Å². The third-order valence-corrected chi connectivity index (χ3v) is 2.73. The lowest BCUT2D eigenvalue weighted by atomic mass is 10.2. The quantitative estimate of drug-likeness (QED) is 0.611. The van der Waals surface area contributed by atoms with Gasteiger partial charge in [0.2, 0.25) is 5.91 Å². The molecule has 1 N–H and O–H groups in total. The van der Waals surface area contributed by atoms with Crippen molar-refractivity contribution < 1.29 is 9.59 Å². The second-order valence-electron chi connectivity index (χ2n) is 2.93. The highest BCUT2D eigenvalue weighted by Gasteiger charge is 2.01. The van der Waals surface area contributed by atoms with Gasteiger partial charge in [0.1, 0.15) is 6.29 Å². The van der Waals surface area contributed by atoms with Crippen LogP contribution in [0, 0.1) is 0 Å². The highest BCUT2D eigenvalue weighted by atomic mass is 32.2. The van der Waals surface area contributed by atoms with E-state index in [1.165, 1.54) is 11.8 Å². The van der Waals surface area contributed by atoms with E-state index < -0.39 is 0 Å². The Bertz CT molecular complexity index is 352. The van der Waals surface area contributed by atoms with E-state index in [4.69, 9.17) is 0 Å². The average molecular weight is 223 g/mol. The number of hydrogen-bond acceptors (Lipinski definition) is 3. The first kappa shape index (κ1) is 11.8. The van der Waals surface area contributed by atoms with Crippen molar-refractivity contribution in [3.05, 3.63) is 29.8 Å². The lowest BCUT2D eigenvalue weighted by molar-refractivity contribution is -0.118. The third kappa shape index (κ3) is 4.16. The van der Waals surface area contributed by atoms with E-state index in [0.717, 1.165) is 11.2 Å². The minimum atomic E-state index is 0.0130. The van der Waals surface area contributed by atoms with Crippen LogP contribution in [0.25, 0.3) is 0 Å². The number of hydrogen-bond donors (Lipinski definition) is 1. The molecule has 3 nitrogen and oxygen atoms in total. The lowest BCUT2D eigenvalue weighted by Crippen LogP contribution is -2.24. The molecule has 0 aromatic heterocycles. The van der Waals surface area contributed by atoms with Crippen LogP contribution in [0.3, 0.4) is 0 Å². The van der Waals surface area contributed by atoms with Gasteiger partial charge in [-0.25, -0.2) is 0 Å². The summed E-state index contributed by atoms with van der Waals surface area (Å²) in [6.45, 7) is 2.53. The van der Waals surface area contributed by atoms with Gasteiger partial charge in [0, 0.05) is 17.0 Å². The van der Waals surface area contributed by atoms with Crippen LogP contribution in [0.4, 0.5) is 0 Å². The topological polar surface area (TPSA) is 46.2 Å². The summed E-state index contributed by atoms with van der Waals surface area (Å²) in [7, 11) is 0. The third-order valence-electron chi connectivity index (χ3n) is 1.74. The van der Waals surface area contributed by atoms with Crippen molar-refractivity contribution in [3.8, 4) is 0 Å². The Labute approximate surface area is 93.3 Å². The summed E-state index contributed by atoms with van der Waals surface area (Å²) in [6, 6.07) is 7.21. The van der Waals surface area contributed by atoms with Crippen molar-refractivity contribution in [2.45, 2.75) is 11.8 Å². The summed E-state index contributed by atoms with van der Waals surface area (Å²) < 4.78 is 0. The number of nitrogens with one attached hydrogen (secondary N) is 1. The second-order valence-corrected chi connectivity index (χ2v) is 3.98. The van der Waals surface area contributed by atoms with Crippen molar-refractivity contribution in [2.24, 2.45) is 0 Å². The molecule has 0 aliphatic carbocycles. The van der Waals surface area contributed by atoms with Crippen LogP contribution < -0.4 is 5.32 Å². The normalized spacial score (nSPS) is 9.67.